The van der Waals surface area contributed by atoms with Crippen LogP contribution in [0.2, 0.25) is 0 Å². The highest BCUT2D eigenvalue weighted by molar-refractivity contribution is 5.71. The molecule has 80 heavy (non-hydrogen) atoms. The number of rotatable bonds is 62. The van der Waals surface area contributed by atoms with E-state index in [1.54, 1.807) is 0 Å². The van der Waals surface area contributed by atoms with E-state index in [1.807, 2.05) is 0 Å². The number of unbranched alkanes of at least 4 members (excludes halogenated alkanes) is 35. The molecule has 0 amide bonds. The topological polar surface area (TPSA) is 78.9 Å². The Morgan fingerprint density at radius 3 is 0.762 bits per heavy atom. The minimum atomic E-state index is -0.783. The van der Waals surface area contributed by atoms with Gasteiger partial charge in [-0.05, 0) is 103 Å². The molecule has 0 N–H and O–H groups in total. The van der Waals surface area contributed by atoms with Crippen LogP contribution in [0, 0.1) is 0 Å². The lowest BCUT2D eigenvalue weighted by Crippen LogP contribution is -2.30. The Morgan fingerprint density at radius 1 is 0.263 bits per heavy atom. The number of esters is 3. The lowest BCUT2D eigenvalue weighted by Gasteiger charge is -2.18. The predicted octanol–water partition coefficient (Wildman–Crippen LogP) is 23.6. The number of hydrogen-bond acceptors (Lipinski definition) is 6. The summed E-state index contributed by atoms with van der Waals surface area (Å²) >= 11 is 0. The summed E-state index contributed by atoms with van der Waals surface area (Å²) in [5.41, 5.74) is 0. The fraction of sp³-hybridized carbons (Fsp3) is 0.743. The average molecular weight is 1110 g/mol. The highest BCUT2D eigenvalue weighted by Gasteiger charge is 2.19. The van der Waals surface area contributed by atoms with Gasteiger partial charge in [0.15, 0.2) is 6.10 Å². The Labute approximate surface area is 496 Å². The zero-order chi connectivity index (χ0) is 57.8. The smallest absolute Gasteiger partial charge is 0.306 e. The molecule has 0 fully saturated rings. The van der Waals surface area contributed by atoms with E-state index in [4.69, 9.17) is 14.2 Å². The maximum Gasteiger partial charge on any atom is 0.306 e. The summed E-state index contributed by atoms with van der Waals surface area (Å²) in [5, 5.41) is 0. The summed E-state index contributed by atoms with van der Waals surface area (Å²) in [4.78, 5) is 38.4. The molecular formula is C74H128O6. The van der Waals surface area contributed by atoms with Gasteiger partial charge in [-0.15, -0.1) is 0 Å². The standard InChI is InChI=1S/C74H128O6/c1-4-7-10-13-16-19-22-25-27-29-31-33-35-37-39-41-43-45-47-49-52-55-58-61-64-67-73(76)79-70-71(69-78-72(75)66-63-60-57-54-51-24-21-18-15-12-9-6-3)80-74(77)68-65-62-59-56-53-50-48-46-44-42-40-38-36-34-32-30-28-26-23-20-17-14-11-8-5-2/h7,10,16,19,23,25-27,30-33,36-39,71H,4-6,8-9,11-15,17-18,20-22,24,28-29,34-35,40-70H2,1-3H3/b10-7-,19-16-,26-23-,27-25-,32-30-,33-31-,38-36-,39-37-. The molecule has 1 unspecified atom stereocenters. The molecule has 6 nitrogen and oxygen atoms in total. The summed E-state index contributed by atoms with van der Waals surface area (Å²) in [6.45, 7) is 6.54. The minimum Gasteiger partial charge on any atom is -0.462 e. The van der Waals surface area contributed by atoms with Crippen molar-refractivity contribution in [1.29, 1.82) is 0 Å². The van der Waals surface area contributed by atoms with Crippen molar-refractivity contribution in [1.82, 2.24) is 0 Å². The van der Waals surface area contributed by atoms with Gasteiger partial charge >= 0.3 is 17.9 Å². The van der Waals surface area contributed by atoms with Crippen molar-refractivity contribution in [3.05, 3.63) is 97.2 Å². The Morgan fingerprint density at radius 2 is 0.487 bits per heavy atom. The fourth-order valence-electron chi connectivity index (χ4n) is 9.71. The number of carbonyl (C=O) groups excluding carboxylic acids is 3. The van der Waals surface area contributed by atoms with Crippen molar-refractivity contribution in [2.75, 3.05) is 13.2 Å². The normalized spacial score (nSPS) is 12.7. The van der Waals surface area contributed by atoms with E-state index in [0.717, 1.165) is 109 Å². The van der Waals surface area contributed by atoms with Crippen LogP contribution in [-0.4, -0.2) is 37.2 Å². The van der Waals surface area contributed by atoms with Crippen molar-refractivity contribution in [3.63, 3.8) is 0 Å². The molecule has 1 atom stereocenters. The van der Waals surface area contributed by atoms with Crippen LogP contribution in [0.15, 0.2) is 97.2 Å². The van der Waals surface area contributed by atoms with E-state index in [2.05, 4.69) is 118 Å². The average Bonchev–Trinajstić information content (AvgIpc) is 3.46. The van der Waals surface area contributed by atoms with Crippen LogP contribution < -0.4 is 0 Å². The maximum atomic E-state index is 12.9. The van der Waals surface area contributed by atoms with E-state index in [1.165, 1.54) is 186 Å². The molecule has 6 heteroatoms. The Balaban J connectivity index is 4.30. The van der Waals surface area contributed by atoms with Crippen LogP contribution in [0.25, 0.3) is 0 Å². The van der Waals surface area contributed by atoms with Gasteiger partial charge in [-0.2, -0.15) is 0 Å². The molecule has 0 bridgehead atoms. The van der Waals surface area contributed by atoms with E-state index < -0.39 is 6.10 Å². The third-order valence-electron chi connectivity index (χ3n) is 14.8. The summed E-state index contributed by atoms with van der Waals surface area (Å²) in [6, 6.07) is 0. The molecule has 0 aliphatic heterocycles. The van der Waals surface area contributed by atoms with Crippen LogP contribution in [0.3, 0.4) is 0 Å². The molecule has 0 aliphatic carbocycles. The number of allylic oxidation sites excluding steroid dienone is 16. The van der Waals surface area contributed by atoms with E-state index in [-0.39, 0.29) is 31.1 Å². The van der Waals surface area contributed by atoms with Crippen molar-refractivity contribution in [2.45, 2.75) is 341 Å². The maximum absolute atomic E-state index is 12.9. The SMILES string of the molecule is CC/C=C\C/C=C\C/C=C\C/C=C\C/C=C\CCCCCCCCCCCC(=O)OCC(COC(=O)CCCCCCCCCCCCCC)OC(=O)CCCCCCCCCCCC/C=C\C/C=C\C/C=C\CCCCCCC. The molecule has 0 saturated heterocycles. The van der Waals surface area contributed by atoms with Crippen molar-refractivity contribution in [3.8, 4) is 0 Å². The second kappa shape index (κ2) is 67.8. The molecule has 0 aromatic carbocycles. The van der Waals surface area contributed by atoms with Crippen molar-refractivity contribution >= 4 is 17.9 Å². The number of carbonyl (C=O) groups is 3. The quantitative estimate of drug-likeness (QED) is 0.0261. The molecule has 460 valence electrons. The first-order valence-electron chi connectivity index (χ1n) is 34.2. The number of ether oxygens (including phenoxy) is 3. The first kappa shape index (κ1) is 76.3. The van der Waals surface area contributed by atoms with Gasteiger partial charge < -0.3 is 14.2 Å². The van der Waals surface area contributed by atoms with Gasteiger partial charge in [-0.3, -0.25) is 14.4 Å². The van der Waals surface area contributed by atoms with E-state index >= 15 is 0 Å². The van der Waals surface area contributed by atoms with Crippen LogP contribution in [0.1, 0.15) is 335 Å². The van der Waals surface area contributed by atoms with E-state index in [0.29, 0.717) is 19.3 Å². The predicted molar refractivity (Wildman–Crippen MR) is 348 cm³/mol. The molecule has 0 saturated carbocycles. The Hall–Kier alpha value is -3.67. The van der Waals surface area contributed by atoms with Gasteiger partial charge in [0, 0.05) is 19.3 Å². The van der Waals surface area contributed by atoms with Gasteiger partial charge in [0.05, 0.1) is 0 Å². The monoisotopic (exact) mass is 1110 g/mol. The van der Waals surface area contributed by atoms with Gasteiger partial charge in [0.1, 0.15) is 13.2 Å². The molecule has 0 aromatic rings. The fourth-order valence-corrected chi connectivity index (χ4v) is 9.71. The molecule has 0 radical (unpaired) electrons. The molecule has 0 aliphatic rings. The minimum absolute atomic E-state index is 0.0779. The molecule has 0 spiro atoms. The Kier molecular flexibility index (Phi) is 64.7. The summed E-state index contributed by atoms with van der Waals surface area (Å²) in [5.74, 6) is -0.875. The van der Waals surface area contributed by atoms with Crippen LogP contribution in [0.4, 0.5) is 0 Å². The second-order valence-electron chi connectivity index (χ2n) is 22.7. The third-order valence-corrected chi connectivity index (χ3v) is 14.8. The summed E-state index contributed by atoms with van der Waals surface area (Å²) in [6.07, 6.45) is 91.3. The van der Waals surface area contributed by atoms with Crippen molar-refractivity contribution < 1.29 is 28.6 Å². The lowest BCUT2D eigenvalue weighted by molar-refractivity contribution is -0.167. The Bertz CT molecular complexity index is 1560. The zero-order valence-corrected chi connectivity index (χ0v) is 52.8. The third kappa shape index (κ3) is 65.1. The second-order valence-corrected chi connectivity index (χ2v) is 22.7. The molecule has 0 aromatic heterocycles. The van der Waals surface area contributed by atoms with Crippen molar-refractivity contribution in [2.24, 2.45) is 0 Å². The summed E-state index contributed by atoms with van der Waals surface area (Å²) < 4.78 is 17.0. The molecule has 0 rings (SSSR count). The molecule has 0 heterocycles. The largest absolute Gasteiger partial charge is 0.462 e. The molecular weight excluding hydrogens is 985 g/mol. The van der Waals surface area contributed by atoms with Crippen LogP contribution in [0.5, 0.6) is 0 Å². The first-order valence-corrected chi connectivity index (χ1v) is 34.2. The van der Waals surface area contributed by atoms with Gasteiger partial charge in [0.2, 0.25) is 0 Å². The van der Waals surface area contributed by atoms with Gasteiger partial charge in [-0.1, -0.05) is 311 Å². The number of hydrogen-bond donors (Lipinski definition) is 0. The van der Waals surface area contributed by atoms with E-state index in [9.17, 15) is 14.4 Å². The zero-order valence-electron chi connectivity index (χ0n) is 52.8. The van der Waals surface area contributed by atoms with Crippen LogP contribution in [-0.2, 0) is 28.6 Å². The first-order chi connectivity index (χ1) is 39.5. The van der Waals surface area contributed by atoms with Gasteiger partial charge in [-0.25, -0.2) is 0 Å². The highest BCUT2D eigenvalue weighted by Crippen LogP contribution is 2.17. The van der Waals surface area contributed by atoms with Gasteiger partial charge in [0.25, 0.3) is 0 Å². The summed E-state index contributed by atoms with van der Waals surface area (Å²) in [7, 11) is 0. The lowest BCUT2D eigenvalue weighted by atomic mass is 10.0. The van der Waals surface area contributed by atoms with Crippen LogP contribution >= 0.6 is 0 Å². The highest BCUT2D eigenvalue weighted by atomic mass is 16.6.